The van der Waals surface area contributed by atoms with Crippen molar-refractivity contribution in [3.63, 3.8) is 0 Å². The third kappa shape index (κ3) is 4.31. The number of nitrogens with one attached hydrogen (secondary N) is 1. The third-order valence-corrected chi connectivity index (χ3v) is 4.60. The number of carbonyl (C=O) groups is 1. The van der Waals surface area contributed by atoms with Crippen molar-refractivity contribution in [2.75, 3.05) is 13.7 Å². The van der Waals surface area contributed by atoms with E-state index in [0.717, 1.165) is 0 Å². The molecule has 0 unspecified atom stereocenters. The van der Waals surface area contributed by atoms with Gasteiger partial charge in [0.25, 0.3) is 5.91 Å². The van der Waals surface area contributed by atoms with Gasteiger partial charge in [-0.05, 0) is 42.5 Å². The third-order valence-electron chi connectivity index (χ3n) is 4.60. The fourth-order valence-electron chi connectivity index (χ4n) is 3.09. The van der Waals surface area contributed by atoms with Gasteiger partial charge in [-0.25, -0.2) is 4.39 Å². The highest BCUT2D eigenvalue weighted by Crippen LogP contribution is 2.35. The monoisotopic (exact) mass is 391 g/mol. The zero-order valence-corrected chi connectivity index (χ0v) is 15.2. The SMILES string of the molecule is CNC(=O)c1ccc(Oc2ccc(F)c([C@H]3O[C@H](CO)C[C@H](O)[C@@H]3O)c2)cc1. The van der Waals surface area contributed by atoms with Crippen LogP contribution in [0.4, 0.5) is 4.39 Å². The van der Waals surface area contributed by atoms with Gasteiger partial charge in [0.05, 0.1) is 18.8 Å². The van der Waals surface area contributed by atoms with Crippen molar-refractivity contribution in [1.29, 1.82) is 0 Å². The van der Waals surface area contributed by atoms with Crippen LogP contribution in [0, 0.1) is 5.82 Å². The summed E-state index contributed by atoms with van der Waals surface area (Å²) >= 11 is 0. The van der Waals surface area contributed by atoms with Gasteiger partial charge in [-0.15, -0.1) is 0 Å². The second kappa shape index (κ2) is 8.66. The summed E-state index contributed by atoms with van der Waals surface area (Å²) in [4.78, 5) is 11.6. The van der Waals surface area contributed by atoms with E-state index in [1.165, 1.54) is 25.2 Å². The highest BCUT2D eigenvalue weighted by Gasteiger charge is 2.38. The number of aliphatic hydroxyl groups is 3. The summed E-state index contributed by atoms with van der Waals surface area (Å²) in [6.07, 6.45) is -4.26. The molecular weight excluding hydrogens is 369 g/mol. The number of rotatable bonds is 5. The van der Waals surface area contributed by atoms with E-state index in [1.54, 1.807) is 24.3 Å². The van der Waals surface area contributed by atoms with E-state index in [9.17, 15) is 24.5 Å². The van der Waals surface area contributed by atoms with Crippen LogP contribution < -0.4 is 10.1 Å². The predicted molar refractivity (Wildman–Crippen MR) is 97.6 cm³/mol. The van der Waals surface area contributed by atoms with Crippen LogP contribution in [0.15, 0.2) is 42.5 Å². The van der Waals surface area contributed by atoms with E-state index in [1.807, 2.05) is 0 Å². The van der Waals surface area contributed by atoms with Crippen molar-refractivity contribution in [2.24, 2.45) is 0 Å². The lowest BCUT2D eigenvalue weighted by Crippen LogP contribution is -2.44. The normalized spacial score (nSPS) is 24.6. The van der Waals surface area contributed by atoms with Crippen molar-refractivity contribution in [2.45, 2.75) is 30.8 Å². The molecule has 2 aromatic rings. The Labute approximate surface area is 161 Å². The smallest absolute Gasteiger partial charge is 0.251 e. The van der Waals surface area contributed by atoms with Gasteiger partial charge >= 0.3 is 0 Å². The van der Waals surface area contributed by atoms with Crippen molar-refractivity contribution in [1.82, 2.24) is 5.32 Å². The van der Waals surface area contributed by atoms with E-state index in [0.29, 0.717) is 17.1 Å². The quantitative estimate of drug-likeness (QED) is 0.616. The van der Waals surface area contributed by atoms with Crippen molar-refractivity contribution in [3.8, 4) is 11.5 Å². The molecule has 0 aliphatic carbocycles. The molecule has 4 N–H and O–H groups in total. The van der Waals surface area contributed by atoms with Gasteiger partial charge in [-0.2, -0.15) is 0 Å². The Morgan fingerprint density at radius 3 is 2.54 bits per heavy atom. The van der Waals surface area contributed by atoms with Crippen molar-refractivity contribution in [3.05, 3.63) is 59.4 Å². The van der Waals surface area contributed by atoms with E-state index in [4.69, 9.17) is 9.47 Å². The van der Waals surface area contributed by atoms with Gasteiger partial charge in [-0.3, -0.25) is 4.79 Å². The van der Waals surface area contributed by atoms with Crippen LogP contribution in [0.1, 0.15) is 28.4 Å². The molecule has 1 aliphatic rings. The standard InChI is InChI=1S/C20H22FNO6/c1-22-20(26)11-2-4-12(5-3-11)27-13-6-7-16(21)15(8-13)19-18(25)17(24)9-14(10-23)28-19/h2-8,14,17-19,23-25H,9-10H2,1H3,(H,22,26)/t14-,17-,18-,19+/m0/s1. The lowest BCUT2D eigenvalue weighted by molar-refractivity contribution is -0.180. The van der Waals surface area contributed by atoms with Gasteiger partial charge < -0.3 is 30.1 Å². The van der Waals surface area contributed by atoms with E-state index in [2.05, 4.69) is 5.32 Å². The van der Waals surface area contributed by atoms with Gasteiger partial charge in [0.2, 0.25) is 0 Å². The summed E-state index contributed by atoms with van der Waals surface area (Å²) in [7, 11) is 1.53. The number of aliphatic hydroxyl groups excluding tert-OH is 3. The Hall–Kier alpha value is -2.52. The first-order valence-corrected chi connectivity index (χ1v) is 8.84. The predicted octanol–water partition coefficient (Wildman–Crippen LogP) is 1.52. The summed E-state index contributed by atoms with van der Waals surface area (Å²) in [5.41, 5.74) is 0.488. The number of halogens is 1. The Bertz CT molecular complexity index is 828. The van der Waals surface area contributed by atoms with Gasteiger partial charge in [0.15, 0.2) is 0 Å². The van der Waals surface area contributed by atoms with Crippen LogP contribution >= 0.6 is 0 Å². The molecule has 1 saturated heterocycles. The summed E-state index contributed by atoms with van der Waals surface area (Å²) < 4.78 is 25.6. The minimum atomic E-state index is -1.33. The van der Waals surface area contributed by atoms with Crippen molar-refractivity contribution >= 4 is 5.91 Å². The molecule has 0 saturated carbocycles. The first-order chi connectivity index (χ1) is 13.4. The molecular formula is C20H22FNO6. The molecule has 150 valence electrons. The van der Waals surface area contributed by atoms with E-state index >= 15 is 0 Å². The fourth-order valence-corrected chi connectivity index (χ4v) is 3.09. The van der Waals surface area contributed by atoms with E-state index < -0.39 is 30.2 Å². The number of ether oxygens (including phenoxy) is 2. The molecule has 7 nitrogen and oxygen atoms in total. The maximum atomic E-state index is 14.4. The Morgan fingerprint density at radius 1 is 1.21 bits per heavy atom. The maximum Gasteiger partial charge on any atom is 0.251 e. The van der Waals surface area contributed by atoms with Crippen LogP contribution in [0.2, 0.25) is 0 Å². The maximum absolute atomic E-state index is 14.4. The van der Waals surface area contributed by atoms with Gasteiger partial charge in [0.1, 0.15) is 29.5 Å². The Balaban J connectivity index is 1.82. The van der Waals surface area contributed by atoms with Crippen LogP contribution in [-0.4, -0.2) is 53.2 Å². The highest BCUT2D eigenvalue weighted by atomic mass is 19.1. The Kier molecular flexibility index (Phi) is 6.25. The second-order valence-corrected chi connectivity index (χ2v) is 6.54. The molecule has 2 aromatic carbocycles. The average Bonchev–Trinajstić information content (AvgIpc) is 2.71. The highest BCUT2D eigenvalue weighted by molar-refractivity contribution is 5.94. The van der Waals surface area contributed by atoms with Crippen LogP contribution in [0.25, 0.3) is 0 Å². The summed E-state index contributed by atoms with van der Waals surface area (Å²) in [5, 5.41) is 32.0. The summed E-state index contributed by atoms with van der Waals surface area (Å²) in [6, 6.07) is 10.4. The molecule has 0 spiro atoms. The second-order valence-electron chi connectivity index (χ2n) is 6.54. The number of hydrogen-bond donors (Lipinski definition) is 4. The molecule has 0 aromatic heterocycles. The summed E-state index contributed by atoms with van der Waals surface area (Å²) in [5.74, 6) is -0.128. The number of hydrogen-bond acceptors (Lipinski definition) is 6. The van der Waals surface area contributed by atoms with E-state index in [-0.39, 0.29) is 24.5 Å². The zero-order valence-electron chi connectivity index (χ0n) is 15.2. The molecule has 1 fully saturated rings. The zero-order chi connectivity index (χ0) is 20.3. The minimum Gasteiger partial charge on any atom is -0.457 e. The molecule has 0 bridgehead atoms. The lowest BCUT2D eigenvalue weighted by Gasteiger charge is -2.37. The molecule has 28 heavy (non-hydrogen) atoms. The minimum absolute atomic E-state index is 0.0178. The van der Waals surface area contributed by atoms with Crippen molar-refractivity contribution < 1.29 is 34.0 Å². The van der Waals surface area contributed by atoms with Crippen LogP contribution in [0.3, 0.4) is 0 Å². The van der Waals surface area contributed by atoms with Crippen LogP contribution in [0.5, 0.6) is 11.5 Å². The molecule has 1 amide bonds. The van der Waals surface area contributed by atoms with Gasteiger partial charge in [-0.1, -0.05) is 0 Å². The number of amides is 1. The first kappa shape index (κ1) is 20.2. The van der Waals surface area contributed by atoms with Gasteiger partial charge in [0, 0.05) is 24.6 Å². The number of carbonyl (C=O) groups excluding carboxylic acids is 1. The fraction of sp³-hybridized carbons (Fsp3) is 0.350. The molecule has 0 radical (unpaired) electrons. The first-order valence-electron chi connectivity index (χ1n) is 8.84. The molecule has 8 heteroatoms. The molecule has 1 aliphatic heterocycles. The molecule has 3 rings (SSSR count). The summed E-state index contributed by atoms with van der Waals surface area (Å²) in [6.45, 7) is -0.351. The van der Waals surface area contributed by atoms with Crippen LogP contribution in [-0.2, 0) is 4.74 Å². The lowest BCUT2D eigenvalue weighted by atomic mass is 9.93. The molecule has 4 atom stereocenters. The topological polar surface area (TPSA) is 108 Å². The average molecular weight is 391 g/mol. The number of benzene rings is 2. The largest absolute Gasteiger partial charge is 0.457 e. The molecule has 1 heterocycles. The Morgan fingerprint density at radius 2 is 1.89 bits per heavy atom.